The number of carboxylic acids is 1. The third-order valence-electron chi connectivity index (χ3n) is 4.46. The van der Waals surface area contributed by atoms with Gasteiger partial charge in [0.05, 0.1) is 21.7 Å². The minimum atomic E-state index is -1.85. The molecule has 0 aliphatic heterocycles. The molecule has 142 valence electrons. The lowest BCUT2D eigenvalue weighted by atomic mass is 9.75. The Labute approximate surface area is 165 Å². The lowest BCUT2D eigenvalue weighted by Crippen LogP contribution is -2.22. The van der Waals surface area contributed by atoms with Crippen molar-refractivity contribution in [2.24, 2.45) is 11.8 Å². The molecule has 0 saturated heterocycles. The summed E-state index contributed by atoms with van der Waals surface area (Å²) < 4.78 is 9.88. The zero-order valence-electron chi connectivity index (χ0n) is 13.9. The normalized spacial score (nSPS) is 15.1. The fraction of sp³-hybridized carbons (Fsp3) is 0.471. The first-order valence-corrected chi connectivity index (χ1v) is 9.15. The highest BCUT2D eigenvalue weighted by molar-refractivity contribution is 6.46. The quantitative estimate of drug-likeness (QED) is 0.311. The van der Waals surface area contributed by atoms with E-state index in [1.54, 1.807) is 0 Å². The molecule has 1 saturated carbocycles. The molecule has 1 aromatic rings. The number of halogens is 3. The molecule has 0 radical (unpaired) electrons. The second kappa shape index (κ2) is 8.93. The third-order valence-corrected chi connectivity index (χ3v) is 5.53. The number of hydrogen-bond donors (Lipinski definition) is 1. The summed E-state index contributed by atoms with van der Waals surface area (Å²) in [6.07, 6.45) is 4.26. The van der Waals surface area contributed by atoms with E-state index in [1.807, 2.05) is 0 Å². The van der Waals surface area contributed by atoms with Gasteiger partial charge in [-0.1, -0.05) is 61.0 Å². The molecule has 26 heavy (non-hydrogen) atoms. The second-order valence-corrected chi connectivity index (χ2v) is 7.34. The maximum Gasteiger partial charge on any atom is 0.422 e. The van der Waals surface area contributed by atoms with Crippen LogP contribution in [-0.4, -0.2) is 29.6 Å². The molecule has 1 aliphatic carbocycles. The zero-order valence-corrected chi connectivity index (χ0v) is 16.2. The van der Waals surface area contributed by atoms with Crippen LogP contribution in [0.5, 0.6) is 5.75 Å². The van der Waals surface area contributed by atoms with Gasteiger partial charge in [-0.15, -0.1) is 0 Å². The molecule has 0 bridgehead atoms. The van der Waals surface area contributed by atoms with Gasteiger partial charge in [-0.3, -0.25) is 0 Å². The van der Waals surface area contributed by atoms with Crippen LogP contribution in [0.15, 0.2) is 6.07 Å². The van der Waals surface area contributed by atoms with Gasteiger partial charge in [-0.2, -0.15) is 0 Å². The van der Waals surface area contributed by atoms with Gasteiger partial charge in [0, 0.05) is 0 Å². The topological polar surface area (TPSA) is 89.9 Å². The van der Waals surface area contributed by atoms with Crippen LogP contribution < -0.4 is 4.74 Å². The van der Waals surface area contributed by atoms with Crippen LogP contribution >= 0.6 is 34.8 Å². The van der Waals surface area contributed by atoms with E-state index >= 15 is 0 Å². The molecular weight excluding hydrogens is 407 g/mol. The van der Waals surface area contributed by atoms with Crippen molar-refractivity contribution >= 4 is 52.7 Å². The summed E-state index contributed by atoms with van der Waals surface area (Å²) in [5.41, 5.74) is -0.380. The summed E-state index contributed by atoms with van der Waals surface area (Å²) >= 11 is 17.9. The first-order chi connectivity index (χ1) is 12.2. The van der Waals surface area contributed by atoms with Gasteiger partial charge >= 0.3 is 17.9 Å². The van der Waals surface area contributed by atoms with Crippen molar-refractivity contribution in [3.63, 3.8) is 0 Å². The predicted molar refractivity (Wildman–Crippen MR) is 96.1 cm³/mol. The number of rotatable bonds is 6. The second-order valence-electron chi connectivity index (χ2n) is 6.15. The number of carbonyl (C=O) groups excluding carboxylic acids is 2. The molecule has 1 unspecified atom stereocenters. The van der Waals surface area contributed by atoms with Gasteiger partial charge in [-0.25, -0.2) is 14.4 Å². The maximum absolute atomic E-state index is 12.4. The number of carboxylic acid groups (broad SMARTS) is 1. The third kappa shape index (κ3) is 4.81. The molecule has 1 atom stereocenters. The lowest BCUT2D eigenvalue weighted by Gasteiger charge is -2.31. The summed E-state index contributed by atoms with van der Waals surface area (Å²) in [4.78, 5) is 34.5. The fourth-order valence-corrected chi connectivity index (χ4v) is 3.37. The Balaban J connectivity index is 2.15. The van der Waals surface area contributed by atoms with Crippen molar-refractivity contribution in [1.82, 2.24) is 0 Å². The molecule has 1 fully saturated rings. The number of carbonyl (C=O) groups is 3. The van der Waals surface area contributed by atoms with Gasteiger partial charge in [-0.05, 0) is 24.3 Å². The average Bonchev–Trinajstić information content (AvgIpc) is 2.50. The van der Waals surface area contributed by atoms with E-state index in [4.69, 9.17) is 44.6 Å². The van der Waals surface area contributed by atoms with Crippen LogP contribution in [0, 0.1) is 11.8 Å². The van der Waals surface area contributed by atoms with Gasteiger partial charge in [0.25, 0.3) is 0 Å². The van der Waals surface area contributed by atoms with Crippen molar-refractivity contribution in [3.05, 3.63) is 26.7 Å². The van der Waals surface area contributed by atoms with E-state index in [-0.39, 0.29) is 27.2 Å². The number of aliphatic carboxylic acids is 1. The summed E-state index contributed by atoms with van der Waals surface area (Å²) in [6.45, 7) is 2.24. The molecule has 6 nitrogen and oxygen atoms in total. The SMILES string of the molecule is CC(CCOC(=O)c1c(Cl)c(Cl)cc(Cl)c1OC(=O)C(=O)O)C1CCC1. The minimum absolute atomic E-state index is 0.0541. The van der Waals surface area contributed by atoms with E-state index in [2.05, 4.69) is 11.7 Å². The Morgan fingerprint density at radius 2 is 1.88 bits per heavy atom. The van der Waals surface area contributed by atoms with E-state index in [1.165, 1.54) is 19.3 Å². The Kier molecular flexibility index (Phi) is 7.15. The average molecular weight is 424 g/mol. The molecule has 1 aliphatic rings. The highest BCUT2D eigenvalue weighted by Gasteiger charge is 2.28. The van der Waals surface area contributed by atoms with Crippen molar-refractivity contribution < 1.29 is 29.0 Å². The molecule has 0 heterocycles. The van der Waals surface area contributed by atoms with Crippen molar-refractivity contribution in [3.8, 4) is 5.75 Å². The first kappa shape index (κ1) is 20.8. The van der Waals surface area contributed by atoms with Gasteiger partial charge < -0.3 is 14.6 Å². The van der Waals surface area contributed by atoms with Crippen LogP contribution in [0.4, 0.5) is 0 Å². The Hall–Kier alpha value is -1.50. The highest BCUT2D eigenvalue weighted by Crippen LogP contribution is 2.40. The van der Waals surface area contributed by atoms with Crippen LogP contribution in [0.3, 0.4) is 0 Å². The fourth-order valence-electron chi connectivity index (χ4n) is 2.65. The summed E-state index contributed by atoms with van der Waals surface area (Å²) in [7, 11) is 0. The van der Waals surface area contributed by atoms with Gasteiger partial charge in [0.2, 0.25) is 0 Å². The van der Waals surface area contributed by atoms with E-state index < -0.39 is 23.7 Å². The summed E-state index contributed by atoms with van der Waals surface area (Å²) in [5.74, 6) is -3.79. The molecule has 0 aromatic heterocycles. The molecule has 1 aromatic carbocycles. The van der Waals surface area contributed by atoms with Crippen LogP contribution in [-0.2, 0) is 14.3 Å². The maximum atomic E-state index is 12.4. The molecule has 9 heteroatoms. The van der Waals surface area contributed by atoms with Crippen molar-refractivity contribution in [2.45, 2.75) is 32.6 Å². The Bertz CT molecular complexity index is 730. The number of benzene rings is 1. The predicted octanol–water partition coefficient (Wildman–Crippen LogP) is 4.62. The molecule has 2 rings (SSSR count). The minimum Gasteiger partial charge on any atom is -0.473 e. The largest absolute Gasteiger partial charge is 0.473 e. The molecule has 0 amide bonds. The zero-order chi connectivity index (χ0) is 19.4. The standard InChI is InChI=1S/C17H17Cl3O6/c1-8(9-3-2-4-9)5-6-25-16(23)12-13(20)10(18)7-11(19)14(12)26-17(24)15(21)22/h7-9H,2-6H2,1H3,(H,21,22). The van der Waals surface area contributed by atoms with E-state index in [0.717, 1.165) is 6.07 Å². The van der Waals surface area contributed by atoms with Crippen LogP contribution in [0.2, 0.25) is 15.1 Å². The van der Waals surface area contributed by atoms with Crippen LogP contribution in [0.1, 0.15) is 43.0 Å². The van der Waals surface area contributed by atoms with E-state index in [0.29, 0.717) is 18.3 Å². The number of hydrogen-bond acceptors (Lipinski definition) is 5. The van der Waals surface area contributed by atoms with Gasteiger partial charge in [0.15, 0.2) is 5.75 Å². The molecule has 0 spiro atoms. The van der Waals surface area contributed by atoms with Crippen molar-refractivity contribution in [1.29, 1.82) is 0 Å². The van der Waals surface area contributed by atoms with Crippen molar-refractivity contribution in [2.75, 3.05) is 6.61 Å². The summed E-state index contributed by atoms with van der Waals surface area (Å²) in [6, 6.07) is 1.14. The Morgan fingerprint density at radius 1 is 1.23 bits per heavy atom. The summed E-state index contributed by atoms with van der Waals surface area (Å²) in [5, 5.41) is 8.16. The van der Waals surface area contributed by atoms with Crippen LogP contribution in [0.25, 0.3) is 0 Å². The first-order valence-electron chi connectivity index (χ1n) is 8.02. The molecular formula is C17H17Cl3O6. The Morgan fingerprint density at radius 3 is 2.42 bits per heavy atom. The lowest BCUT2D eigenvalue weighted by molar-refractivity contribution is -0.158. The smallest absolute Gasteiger partial charge is 0.422 e. The molecule has 1 N–H and O–H groups in total. The number of esters is 2. The monoisotopic (exact) mass is 422 g/mol. The van der Waals surface area contributed by atoms with Gasteiger partial charge in [0.1, 0.15) is 5.56 Å². The highest BCUT2D eigenvalue weighted by atomic mass is 35.5. The number of ether oxygens (including phenoxy) is 2. The van der Waals surface area contributed by atoms with E-state index in [9.17, 15) is 14.4 Å².